The van der Waals surface area contributed by atoms with E-state index in [-0.39, 0.29) is 16.5 Å². The summed E-state index contributed by atoms with van der Waals surface area (Å²) in [6.45, 7) is 0.0161. The molecule has 0 radical (unpaired) electrons. The van der Waals surface area contributed by atoms with Crippen LogP contribution in [-0.2, 0) is 16.6 Å². The molecule has 7 nitrogen and oxygen atoms in total. The van der Waals surface area contributed by atoms with Gasteiger partial charge in [-0.25, -0.2) is 17.1 Å². The van der Waals surface area contributed by atoms with E-state index in [9.17, 15) is 12.8 Å². The van der Waals surface area contributed by atoms with Crippen molar-refractivity contribution in [3.8, 4) is 0 Å². The molecule has 1 aromatic heterocycles. The molecule has 0 atom stereocenters. The zero-order valence-electron chi connectivity index (χ0n) is 13.3. The van der Waals surface area contributed by atoms with Gasteiger partial charge in [0.05, 0.1) is 9.92 Å². The number of aromatic nitrogens is 3. The summed E-state index contributed by atoms with van der Waals surface area (Å²) in [5.74, 6) is -0.446. The van der Waals surface area contributed by atoms with Gasteiger partial charge in [-0.2, -0.15) is 0 Å². The second-order valence-electron chi connectivity index (χ2n) is 5.41. The van der Waals surface area contributed by atoms with Gasteiger partial charge in [-0.3, -0.25) is 0 Å². The maximum absolute atomic E-state index is 13.1. The molecule has 0 spiro atoms. The Kier molecular flexibility index (Phi) is 4.63. The number of hydrogen-bond acceptors (Lipinski definition) is 5. The van der Waals surface area contributed by atoms with E-state index in [1.807, 2.05) is 0 Å². The number of sulfonamides is 1. The Morgan fingerprint density at radius 2 is 2.00 bits per heavy atom. The maximum atomic E-state index is 13.1. The SMILES string of the molecule is CN(C)S(=O)(=O)c1ccc2nnn(OCc3ccc(F)cc3Cl)c2c1. The molecule has 0 saturated carbocycles. The summed E-state index contributed by atoms with van der Waals surface area (Å²) in [7, 11) is -0.702. The summed E-state index contributed by atoms with van der Waals surface area (Å²) in [5.41, 5.74) is 1.42. The zero-order valence-corrected chi connectivity index (χ0v) is 14.9. The monoisotopic (exact) mass is 384 g/mol. The number of halogens is 2. The molecule has 0 fully saturated rings. The van der Waals surface area contributed by atoms with Gasteiger partial charge in [0, 0.05) is 19.7 Å². The van der Waals surface area contributed by atoms with Crippen LogP contribution >= 0.6 is 11.6 Å². The number of rotatable bonds is 5. The van der Waals surface area contributed by atoms with E-state index in [0.29, 0.717) is 16.6 Å². The van der Waals surface area contributed by atoms with Gasteiger partial charge in [0.15, 0.2) is 0 Å². The third-order valence-electron chi connectivity index (χ3n) is 3.52. The Hall–Kier alpha value is -2.23. The van der Waals surface area contributed by atoms with Crippen LogP contribution in [-0.4, -0.2) is 42.0 Å². The van der Waals surface area contributed by atoms with E-state index in [0.717, 1.165) is 9.15 Å². The second kappa shape index (κ2) is 6.58. The van der Waals surface area contributed by atoms with Crippen molar-refractivity contribution in [3.63, 3.8) is 0 Å². The predicted molar refractivity (Wildman–Crippen MR) is 90.1 cm³/mol. The van der Waals surface area contributed by atoms with Crippen molar-refractivity contribution in [1.82, 2.24) is 19.5 Å². The Morgan fingerprint density at radius 1 is 1.24 bits per heavy atom. The van der Waals surface area contributed by atoms with Crippen LogP contribution in [0.1, 0.15) is 5.56 Å². The van der Waals surface area contributed by atoms with E-state index in [2.05, 4.69) is 10.3 Å². The minimum atomic E-state index is -3.60. The zero-order chi connectivity index (χ0) is 18.2. The Balaban J connectivity index is 1.92. The van der Waals surface area contributed by atoms with Crippen LogP contribution in [0, 0.1) is 5.82 Å². The average molecular weight is 385 g/mol. The molecule has 132 valence electrons. The molecule has 0 aliphatic rings. The molecular weight excluding hydrogens is 371 g/mol. The molecule has 10 heteroatoms. The first kappa shape index (κ1) is 17.6. The molecule has 0 unspecified atom stereocenters. The molecular formula is C15H14ClFN4O3S. The van der Waals surface area contributed by atoms with Crippen LogP contribution in [0.15, 0.2) is 41.3 Å². The first-order valence-electron chi connectivity index (χ1n) is 7.14. The van der Waals surface area contributed by atoms with Crippen LogP contribution in [0.5, 0.6) is 0 Å². The molecule has 1 heterocycles. The van der Waals surface area contributed by atoms with Gasteiger partial charge in [-0.05, 0) is 35.5 Å². The molecule has 0 saturated heterocycles. The molecule has 3 rings (SSSR count). The van der Waals surface area contributed by atoms with Gasteiger partial charge < -0.3 is 4.84 Å². The molecule has 0 amide bonds. The maximum Gasteiger partial charge on any atom is 0.242 e. The van der Waals surface area contributed by atoms with Crippen molar-refractivity contribution in [2.75, 3.05) is 14.1 Å². The first-order chi connectivity index (χ1) is 11.8. The fraction of sp³-hybridized carbons (Fsp3) is 0.200. The van der Waals surface area contributed by atoms with Crippen molar-refractivity contribution >= 4 is 32.7 Å². The standard InChI is InChI=1S/C15H14ClFN4O3S/c1-20(2)25(22,23)12-5-6-14-15(8-12)21(19-18-14)24-9-10-3-4-11(17)7-13(10)16/h3-8H,9H2,1-2H3. The van der Waals surface area contributed by atoms with Crippen LogP contribution in [0.3, 0.4) is 0 Å². The van der Waals surface area contributed by atoms with Crippen molar-refractivity contribution in [1.29, 1.82) is 0 Å². The summed E-state index contributed by atoms with van der Waals surface area (Å²) in [4.78, 5) is 6.73. The smallest absolute Gasteiger partial charge is 0.242 e. The third kappa shape index (κ3) is 3.44. The van der Waals surface area contributed by atoms with Crippen LogP contribution in [0.2, 0.25) is 5.02 Å². The first-order valence-corrected chi connectivity index (χ1v) is 8.96. The summed E-state index contributed by atoms with van der Waals surface area (Å²) in [6, 6.07) is 8.37. The van der Waals surface area contributed by atoms with Crippen molar-refractivity contribution < 1.29 is 17.6 Å². The topological polar surface area (TPSA) is 77.3 Å². The number of nitrogens with zero attached hydrogens (tertiary/aromatic N) is 4. The molecule has 25 heavy (non-hydrogen) atoms. The van der Waals surface area contributed by atoms with Crippen molar-refractivity contribution in [2.45, 2.75) is 11.5 Å². The van der Waals surface area contributed by atoms with Gasteiger partial charge in [-0.1, -0.05) is 22.5 Å². The third-order valence-corrected chi connectivity index (χ3v) is 5.69. The Labute approximate surface area is 148 Å². The fourth-order valence-electron chi connectivity index (χ4n) is 2.11. The van der Waals surface area contributed by atoms with Crippen LogP contribution in [0.25, 0.3) is 11.0 Å². The Bertz CT molecular complexity index is 1040. The lowest BCUT2D eigenvalue weighted by molar-refractivity contribution is 0.0751. The van der Waals surface area contributed by atoms with Gasteiger partial charge in [-0.15, -0.1) is 5.10 Å². The van der Waals surface area contributed by atoms with Crippen molar-refractivity contribution in [3.05, 3.63) is 52.8 Å². The molecule has 0 aliphatic carbocycles. The Morgan fingerprint density at radius 3 is 2.68 bits per heavy atom. The largest absolute Gasteiger partial charge is 0.390 e. The minimum absolute atomic E-state index is 0.0161. The van der Waals surface area contributed by atoms with Gasteiger partial charge >= 0.3 is 0 Å². The summed E-state index contributed by atoms with van der Waals surface area (Å²) in [5, 5.41) is 7.99. The fourth-order valence-corrected chi connectivity index (χ4v) is 3.26. The van der Waals surface area contributed by atoms with Crippen molar-refractivity contribution in [2.24, 2.45) is 0 Å². The predicted octanol–water partition coefficient (Wildman–Crippen LogP) is 2.10. The molecule has 0 bridgehead atoms. The quantitative estimate of drug-likeness (QED) is 0.673. The van der Waals surface area contributed by atoms with Gasteiger partial charge in [0.2, 0.25) is 10.0 Å². The summed E-state index contributed by atoms with van der Waals surface area (Å²) in [6.07, 6.45) is 0. The van der Waals surface area contributed by atoms with E-state index in [1.165, 1.54) is 44.4 Å². The van der Waals surface area contributed by atoms with Gasteiger partial charge in [0.1, 0.15) is 23.5 Å². The van der Waals surface area contributed by atoms with E-state index < -0.39 is 15.8 Å². The number of hydrogen-bond donors (Lipinski definition) is 0. The van der Waals surface area contributed by atoms with Crippen LogP contribution in [0.4, 0.5) is 4.39 Å². The number of fused-ring (bicyclic) bond motifs is 1. The molecule has 2 aromatic carbocycles. The van der Waals surface area contributed by atoms with E-state index in [4.69, 9.17) is 16.4 Å². The highest BCUT2D eigenvalue weighted by atomic mass is 35.5. The molecule has 0 N–H and O–H groups in total. The number of benzene rings is 2. The lowest BCUT2D eigenvalue weighted by Crippen LogP contribution is -2.22. The highest BCUT2D eigenvalue weighted by Gasteiger charge is 2.19. The summed E-state index contributed by atoms with van der Waals surface area (Å²) < 4.78 is 38.7. The average Bonchev–Trinajstić information content (AvgIpc) is 2.96. The second-order valence-corrected chi connectivity index (χ2v) is 7.97. The lowest BCUT2D eigenvalue weighted by atomic mass is 10.2. The van der Waals surface area contributed by atoms with Gasteiger partial charge in [0.25, 0.3) is 0 Å². The highest BCUT2D eigenvalue weighted by molar-refractivity contribution is 7.89. The minimum Gasteiger partial charge on any atom is -0.390 e. The lowest BCUT2D eigenvalue weighted by Gasteiger charge is -2.11. The van der Waals surface area contributed by atoms with E-state index >= 15 is 0 Å². The summed E-state index contributed by atoms with van der Waals surface area (Å²) >= 11 is 5.96. The molecule has 0 aliphatic heterocycles. The molecule has 3 aromatic rings. The normalized spacial score (nSPS) is 12.0. The highest BCUT2D eigenvalue weighted by Crippen LogP contribution is 2.20. The van der Waals surface area contributed by atoms with E-state index in [1.54, 1.807) is 6.07 Å². The van der Waals surface area contributed by atoms with Crippen LogP contribution < -0.4 is 4.84 Å².